The Hall–Kier alpha value is -4.00. The maximum Gasteiger partial charge on any atom is 0.123 e. The van der Waals surface area contributed by atoms with Crippen LogP contribution in [-0.4, -0.2) is 27.0 Å². The number of aromatic nitrogens is 3. The summed E-state index contributed by atoms with van der Waals surface area (Å²) in [4.78, 5) is 15.8. The van der Waals surface area contributed by atoms with Crippen molar-refractivity contribution in [3.63, 3.8) is 0 Å². The number of aryl methyl sites for hydroxylation is 1. The Balaban J connectivity index is 1.19. The molecule has 3 aromatic carbocycles. The molecule has 0 amide bonds. The van der Waals surface area contributed by atoms with Gasteiger partial charge in [0.05, 0.1) is 36.4 Å². The first kappa shape index (κ1) is 26.2. The lowest BCUT2D eigenvalue weighted by Crippen LogP contribution is -2.31. The summed E-state index contributed by atoms with van der Waals surface area (Å²) in [6, 6.07) is 30.2. The van der Waals surface area contributed by atoms with Crippen LogP contribution in [0.3, 0.4) is 0 Å². The van der Waals surface area contributed by atoms with Crippen LogP contribution in [0.1, 0.15) is 65.6 Å². The highest BCUT2D eigenvalue weighted by atomic mass is 16.5. The maximum absolute atomic E-state index is 5.55. The van der Waals surface area contributed by atoms with Gasteiger partial charge in [0.25, 0.3) is 0 Å². The average molecular weight is 532 g/mol. The monoisotopic (exact) mass is 531 g/mol. The molecule has 0 spiro atoms. The molecule has 40 heavy (non-hydrogen) atoms. The van der Waals surface area contributed by atoms with E-state index in [2.05, 4.69) is 88.9 Å². The smallest absolute Gasteiger partial charge is 0.123 e. The second-order valence-corrected chi connectivity index (χ2v) is 10.7. The van der Waals surface area contributed by atoms with Crippen LogP contribution in [0.25, 0.3) is 11.0 Å². The molecule has 2 heterocycles. The van der Waals surface area contributed by atoms with Gasteiger partial charge >= 0.3 is 0 Å². The number of methoxy groups -OCH3 is 1. The van der Waals surface area contributed by atoms with Crippen LogP contribution < -0.4 is 10.1 Å². The summed E-state index contributed by atoms with van der Waals surface area (Å²) in [5, 5.41) is 3.65. The molecular formula is C34H37N5O. The number of nitrogens with zero attached hydrogens (tertiary/aromatic N) is 3. The van der Waals surface area contributed by atoms with Crippen LogP contribution in [0.15, 0.2) is 91.1 Å². The normalized spacial score (nSPS) is 15.7. The number of ether oxygens (including phenoxy) is 1. The lowest BCUT2D eigenvalue weighted by atomic mass is 9.90. The van der Waals surface area contributed by atoms with Gasteiger partial charge < -0.3 is 15.0 Å². The fourth-order valence-corrected chi connectivity index (χ4v) is 5.89. The van der Waals surface area contributed by atoms with Gasteiger partial charge in [-0.2, -0.15) is 0 Å². The molecule has 6 nitrogen and oxygen atoms in total. The van der Waals surface area contributed by atoms with Gasteiger partial charge in [0.2, 0.25) is 0 Å². The number of hydrogen-bond acceptors (Lipinski definition) is 5. The molecule has 2 atom stereocenters. The number of para-hydroxylation sites is 3. The molecule has 0 saturated carbocycles. The number of H-pyrrole nitrogens is 1. The van der Waals surface area contributed by atoms with Gasteiger partial charge in [-0.05, 0) is 67.1 Å². The van der Waals surface area contributed by atoms with Crippen molar-refractivity contribution >= 4 is 11.0 Å². The molecule has 2 N–H and O–H groups in total. The van der Waals surface area contributed by atoms with E-state index in [1.807, 2.05) is 24.4 Å². The van der Waals surface area contributed by atoms with Gasteiger partial charge in [0.1, 0.15) is 11.6 Å². The summed E-state index contributed by atoms with van der Waals surface area (Å²) < 4.78 is 5.55. The zero-order valence-electron chi connectivity index (χ0n) is 23.3. The van der Waals surface area contributed by atoms with Crippen LogP contribution in [0.5, 0.6) is 5.75 Å². The first-order valence-electron chi connectivity index (χ1n) is 14.2. The summed E-state index contributed by atoms with van der Waals surface area (Å²) in [7, 11) is 1.73. The highest BCUT2D eigenvalue weighted by molar-refractivity contribution is 5.74. The van der Waals surface area contributed by atoms with Crippen LogP contribution in [-0.2, 0) is 26.1 Å². The average Bonchev–Trinajstić information content (AvgIpc) is 3.42. The molecule has 0 saturated heterocycles. The number of rotatable bonds is 10. The Kier molecular flexibility index (Phi) is 7.89. The highest BCUT2D eigenvalue weighted by Crippen LogP contribution is 2.35. The number of aromatic amines is 1. The topological polar surface area (TPSA) is 66.1 Å². The molecule has 6 rings (SSSR count). The predicted octanol–water partition coefficient (Wildman–Crippen LogP) is 6.90. The van der Waals surface area contributed by atoms with Gasteiger partial charge in [0, 0.05) is 30.9 Å². The summed E-state index contributed by atoms with van der Waals surface area (Å²) in [5.41, 5.74) is 8.41. The number of pyridine rings is 1. The van der Waals surface area contributed by atoms with E-state index in [1.54, 1.807) is 7.11 Å². The standard InChI is InChI=1S/C34H37N5O/c1-24(28-11-3-6-15-32(28)40-2)36-21-25-16-18-26(19-17-25)22-39(23-33-37-29-12-4-5-13-30(29)38-33)31-14-7-9-27-10-8-20-35-34(27)31/h3-6,8,10-13,15-20,24,31,36H,7,9,14,21-23H2,1-2H3,(H,37,38). The number of nitrogens with one attached hydrogen (secondary N) is 2. The SMILES string of the molecule is COc1ccccc1C(C)NCc1ccc(CN(Cc2nc3ccccc3[nH]2)C2CCCc3cccnc32)cc1. The van der Waals surface area contributed by atoms with E-state index in [0.29, 0.717) is 0 Å². The zero-order chi connectivity index (χ0) is 27.3. The molecule has 2 aromatic heterocycles. The van der Waals surface area contributed by atoms with E-state index in [1.165, 1.54) is 34.4 Å². The van der Waals surface area contributed by atoms with Crippen molar-refractivity contribution < 1.29 is 4.74 Å². The molecule has 1 aliphatic carbocycles. The van der Waals surface area contributed by atoms with E-state index in [4.69, 9.17) is 14.7 Å². The minimum absolute atomic E-state index is 0.189. The van der Waals surface area contributed by atoms with Crippen LogP contribution in [0, 0.1) is 0 Å². The van der Waals surface area contributed by atoms with Gasteiger partial charge in [0.15, 0.2) is 0 Å². The fourth-order valence-electron chi connectivity index (χ4n) is 5.89. The zero-order valence-corrected chi connectivity index (χ0v) is 23.3. The van der Waals surface area contributed by atoms with Gasteiger partial charge in [-0.1, -0.05) is 60.7 Å². The number of imidazole rings is 1. The minimum Gasteiger partial charge on any atom is -0.496 e. The van der Waals surface area contributed by atoms with Crippen LogP contribution in [0.4, 0.5) is 0 Å². The Bertz CT molecular complexity index is 1530. The largest absolute Gasteiger partial charge is 0.496 e. The van der Waals surface area contributed by atoms with Crippen molar-refractivity contribution in [2.75, 3.05) is 7.11 Å². The van der Waals surface area contributed by atoms with Crippen molar-refractivity contribution in [1.29, 1.82) is 0 Å². The Labute approximate surface area is 236 Å². The second-order valence-electron chi connectivity index (χ2n) is 10.7. The lowest BCUT2D eigenvalue weighted by Gasteiger charge is -2.34. The number of fused-ring (bicyclic) bond motifs is 2. The van der Waals surface area contributed by atoms with E-state index < -0.39 is 0 Å². The Morgan fingerprint density at radius 3 is 2.60 bits per heavy atom. The first-order valence-corrected chi connectivity index (χ1v) is 14.2. The van der Waals surface area contributed by atoms with Crippen molar-refractivity contribution in [2.24, 2.45) is 0 Å². The number of hydrogen-bond donors (Lipinski definition) is 2. The molecule has 0 aliphatic heterocycles. The lowest BCUT2D eigenvalue weighted by molar-refractivity contribution is 0.153. The van der Waals surface area contributed by atoms with Crippen molar-refractivity contribution in [3.05, 3.63) is 125 Å². The Morgan fingerprint density at radius 2 is 1.75 bits per heavy atom. The van der Waals surface area contributed by atoms with E-state index in [-0.39, 0.29) is 12.1 Å². The second kappa shape index (κ2) is 12.0. The van der Waals surface area contributed by atoms with Gasteiger partial charge in [-0.25, -0.2) is 4.98 Å². The quantitative estimate of drug-likeness (QED) is 0.205. The fraction of sp³-hybridized carbons (Fsp3) is 0.294. The van der Waals surface area contributed by atoms with Gasteiger partial charge in [-0.3, -0.25) is 9.88 Å². The summed E-state index contributed by atoms with van der Waals surface area (Å²) in [5.74, 6) is 1.91. The third-order valence-electron chi connectivity index (χ3n) is 8.02. The van der Waals surface area contributed by atoms with Gasteiger partial charge in [-0.15, -0.1) is 0 Å². The molecule has 6 heteroatoms. The number of benzene rings is 3. The van der Waals surface area contributed by atoms with Crippen LogP contribution in [0.2, 0.25) is 0 Å². The molecule has 5 aromatic rings. The Morgan fingerprint density at radius 1 is 0.950 bits per heavy atom. The predicted molar refractivity (Wildman–Crippen MR) is 160 cm³/mol. The first-order chi connectivity index (χ1) is 19.7. The summed E-state index contributed by atoms with van der Waals surface area (Å²) in [6.07, 6.45) is 5.32. The minimum atomic E-state index is 0.189. The summed E-state index contributed by atoms with van der Waals surface area (Å²) in [6.45, 7) is 4.55. The van der Waals surface area contributed by atoms with E-state index in [9.17, 15) is 0 Å². The van der Waals surface area contributed by atoms with E-state index >= 15 is 0 Å². The molecule has 1 aliphatic rings. The molecule has 2 unspecified atom stereocenters. The van der Waals surface area contributed by atoms with Crippen molar-refractivity contribution in [1.82, 2.24) is 25.2 Å². The molecule has 204 valence electrons. The van der Waals surface area contributed by atoms with E-state index in [0.717, 1.165) is 55.1 Å². The van der Waals surface area contributed by atoms with Crippen molar-refractivity contribution in [2.45, 2.75) is 57.9 Å². The third kappa shape index (κ3) is 5.79. The third-order valence-corrected chi connectivity index (χ3v) is 8.02. The molecule has 0 bridgehead atoms. The maximum atomic E-state index is 5.55. The van der Waals surface area contributed by atoms with Crippen LogP contribution >= 0.6 is 0 Å². The molecule has 0 fully saturated rings. The highest BCUT2D eigenvalue weighted by Gasteiger charge is 2.28. The molecular weight excluding hydrogens is 494 g/mol. The summed E-state index contributed by atoms with van der Waals surface area (Å²) >= 11 is 0. The van der Waals surface area contributed by atoms with Crippen molar-refractivity contribution in [3.8, 4) is 5.75 Å². The molecule has 0 radical (unpaired) electrons.